The van der Waals surface area contributed by atoms with Crippen molar-refractivity contribution >= 4 is 17.4 Å². The molecule has 0 aliphatic carbocycles. The van der Waals surface area contributed by atoms with Gasteiger partial charge in [-0.3, -0.25) is 9.59 Å². The van der Waals surface area contributed by atoms with E-state index in [1.165, 1.54) is 23.1 Å². The summed E-state index contributed by atoms with van der Waals surface area (Å²) in [5.41, 5.74) is 0.695. The molecule has 2 aliphatic heterocycles. The molecule has 0 bridgehead atoms. The highest BCUT2D eigenvalue weighted by atomic mass is 19.1. The van der Waals surface area contributed by atoms with Crippen LogP contribution in [0.15, 0.2) is 66.8 Å². The van der Waals surface area contributed by atoms with Crippen LogP contribution in [0, 0.1) is 5.82 Å². The molecule has 32 heavy (non-hydrogen) atoms. The van der Waals surface area contributed by atoms with E-state index in [9.17, 15) is 19.1 Å². The monoisotopic (exact) mass is 437 g/mol. The number of aliphatic hydroxyl groups is 1. The molecule has 4 rings (SSSR count). The molecule has 2 fully saturated rings. The predicted molar refractivity (Wildman–Crippen MR) is 117 cm³/mol. The van der Waals surface area contributed by atoms with Crippen LogP contribution in [-0.2, 0) is 14.3 Å². The lowest BCUT2D eigenvalue weighted by Crippen LogP contribution is -2.36. The number of aliphatic hydroxyl groups excluding tert-OH is 1. The summed E-state index contributed by atoms with van der Waals surface area (Å²) in [5, 5.41) is 11.1. The highest BCUT2D eigenvalue weighted by Gasteiger charge is 2.47. The summed E-state index contributed by atoms with van der Waals surface area (Å²) in [4.78, 5) is 27.3. The number of likely N-dealkylation sites (tertiary alicyclic amines) is 1. The highest BCUT2D eigenvalue weighted by Crippen LogP contribution is 2.40. The summed E-state index contributed by atoms with van der Waals surface area (Å²) in [6.45, 7) is 4.71. The minimum atomic E-state index is -0.911. The van der Waals surface area contributed by atoms with Crippen molar-refractivity contribution in [2.24, 2.45) is 0 Å². The topological polar surface area (TPSA) is 76.1 Å². The molecule has 0 unspecified atom stereocenters. The summed E-state index contributed by atoms with van der Waals surface area (Å²) in [6.07, 6.45) is 3.05. The Kier molecular flexibility index (Phi) is 6.37. The van der Waals surface area contributed by atoms with Crippen molar-refractivity contribution in [2.75, 3.05) is 19.8 Å². The Hall–Kier alpha value is -3.45. The standard InChI is InChI=1S/C25H24FNO5/c1-2-12-31-19-10-8-16(9-11-19)23(28)21-22(17-5-3-6-18(26)14-17)27(25(30)24(21)29)15-20-7-4-13-32-20/h2-3,5-6,8-11,14,20,22,28H,1,4,7,12-13,15H2/t20-,22-/m0/s1. The van der Waals surface area contributed by atoms with E-state index in [1.54, 1.807) is 36.4 Å². The Morgan fingerprint density at radius 1 is 1.25 bits per heavy atom. The van der Waals surface area contributed by atoms with Gasteiger partial charge in [0, 0.05) is 18.7 Å². The maximum absolute atomic E-state index is 14.0. The second kappa shape index (κ2) is 9.36. The minimum Gasteiger partial charge on any atom is -0.507 e. The number of ether oxygens (including phenoxy) is 2. The molecule has 166 valence electrons. The van der Waals surface area contributed by atoms with Crippen molar-refractivity contribution in [3.05, 3.63) is 83.7 Å². The lowest BCUT2D eigenvalue weighted by molar-refractivity contribution is -0.140. The first-order valence-electron chi connectivity index (χ1n) is 10.5. The minimum absolute atomic E-state index is 0.0710. The van der Waals surface area contributed by atoms with E-state index in [4.69, 9.17) is 9.47 Å². The van der Waals surface area contributed by atoms with Gasteiger partial charge < -0.3 is 19.5 Å². The van der Waals surface area contributed by atoms with Crippen LogP contribution in [0.25, 0.3) is 5.76 Å². The molecule has 0 aromatic heterocycles. The quantitative estimate of drug-likeness (QED) is 0.307. The van der Waals surface area contributed by atoms with E-state index in [0.717, 1.165) is 12.8 Å². The first-order chi connectivity index (χ1) is 15.5. The van der Waals surface area contributed by atoms with Gasteiger partial charge >= 0.3 is 0 Å². The summed E-state index contributed by atoms with van der Waals surface area (Å²) >= 11 is 0. The normalized spacial score (nSPS) is 22.3. The number of hydrogen-bond donors (Lipinski definition) is 1. The van der Waals surface area contributed by atoms with Crippen LogP contribution in [-0.4, -0.2) is 47.6 Å². The first-order valence-corrected chi connectivity index (χ1v) is 10.5. The lowest BCUT2D eigenvalue weighted by Gasteiger charge is -2.27. The number of halogens is 1. The fourth-order valence-electron chi connectivity index (χ4n) is 4.12. The van der Waals surface area contributed by atoms with E-state index < -0.39 is 23.5 Å². The van der Waals surface area contributed by atoms with Crippen molar-refractivity contribution in [3.8, 4) is 5.75 Å². The Morgan fingerprint density at radius 3 is 2.69 bits per heavy atom. The van der Waals surface area contributed by atoms with Gasteiger partial charge in [-0.05, 0) is 54.8 Å². The fraction of sp³-hybridized carbons (Fsp3) is 0.280. The Balaban J connectivity index is 1.75. The van der Waals surface area contributed by atoms with E-state index in [0.29, 0.717) is 30.1 Å². The maximum atomic E-state index is 14.0. The molecule has 2 aromatic carbocycles. The molecule has 0 saturated carbocycles. The third-order valence-electron chi connectivity index (χ3n) is 5.62. The number of carbonyl (C=O) groups excluding carboxylic acids is 2. The Morgan fingerprint density at radius 2 is 2.03 bits per heavy atom. The number of Topliss-reactive ketones (excluding diaryl/α,β-unsaturated/α-hetero) is 1. The number of ketones is 1. The molecule has 2 saturated heterocycles. The fourth-order valence-corrected chi connectivity index (χ4v) is 4.12. The number of benzene rings is 2. The molecule has 1 N–H and O–H groups in total. The molecular weight excluding hydrogens is 413 g/mol. The SMILES string of the molecule is C=CCOc1ccc(C(O)=C2C(=O)C(=O)N(C[C@@H]3CCCO3)[C@H]2c2cccc(F)c2)cc1. The molecule has 2 aromatic rings. The van der Waals surface area contributed by atoms with Crippen LogP contribution < -0.4 is 4.74 Å². The highest BCUT2D eigenvalue weighted by molar-refractivity contribution is 6.46. The smallest absolute Gasteiger partial charge is 0.295 e. The zero-order chi connectivity index (χ0) is 22.7. The third kappa shape index (κ3) is 4.29. The zero-order valence-corrected chi connectivity index (χ0v) is 17.5. The van der Waals surface area contributed by atoms with Crippen molar-refractivity contribution in [1.29, 1.82) is 0 Å². The lowest BCUT2D eigenvalue weighted by atomic mass is 9.95. The van der Waals surface area contributed by atoms with Gasteiger partial charge in [-0.2, -0.15) is 0 Å². The van der Waals surface area contributed by atoms with Gasteiger partial charge in [0.1, 0.15) is 23.9 Å². The number of carbonyl (C=O) groups is 2. The van der Waals surface area contributed by atoms with Gasteiger partial charge in [0.2, 0.25) is 0 Å². The van der Waals surface area contributed by atoms with Crippen LogP contribution in [0.2, 0.25) is 0 Å². The van der Waals surface area contributed by atoms with Crippen LogP contribution in [0.4, 0.5) is 4.39 Å². The molecule has 2 atom stereocenters. The van der Waals surface area contributed by atoms with E-state index in [2.05, 4.69) is 6.58 Å². The van der Waals surface area contributed by atoms with E-state index in [1.807, 2.05) is 0 Å². The number of nitrogens with zero attached hydrogens (tertiary/aromatic N) is 1. The number of amides is 1. The summed E-state index contributed by atoms with van der Waals surface area (Å²) in [5.74, 6) is -1.78. The molecule has 2 aliphatic rings. The maximum Gasteiger partial charge on any atom is 0.295 e. The van der Waals surface area contributed by atoms with E-state index >= 15 is 0 Å². The van der Waals surface area contributed by atoms with Gasteiger partial charge in [0.05, 0.1) is 17.7 Å². The molecule has 7 heteroatoms. The third-order valence-corrected chi connectivity index (χ3v) is 5.62. The average Bonchev–Trinajstić information content (AvgIpc) is 3.40. The van der Waals surface area contributed by atoms with Gasteiger partial charge in [0.15, 0.2) is 0 Å². The predicted octanol–water partition coefficient (Wildman–Crippen LogP) is 3.99. The van der Waals surface area contributed by atoms with Crippen molar-refractivity contribution in [2.45, 2.75) is 25.0 Å². The van der Waals surface area contributed by atoms with Crippen LogP contribution in [0.5, 0.6) is 5.75 Å². The van der Waals surface area contributed by atoms with Crippen molar-refractivity contribution in [1.82, 2.24) is 4.90 Å². The summed E-state index contributed by atoms with van der Waals surface area (Å²) < 4.78 is 25.1. The second-order valence-corrected chi connectivity index (χ2v) is 7.77. The zero-order valence-electron chi connectivity index (χ0n) is 17.5. The van der Waals surface area contributed by atoms with Crippen molar-refractivity contribution < 1.29 is 28.6 Å². The Bertz CT molecular complexity index is 1060. The molecular formula is C25H24FNO5. The number of rotatable bonds is 7. The van der Waals surface area contributed by atoms with E-state index in [-0.39, 0.29) is 24.0 Å². The van der Waals surface area contributed by atoms with Gasteiger partial charge in [-0.1, -0.05) is 24.8 Å². The summed E-state index contributed by atoms with van der Waals surface area (Å²) in [7, 11) is 0. The molecule has 2 heterocycles. The van der Waals surface area contributed by atoms with Gasteiger partial charge in [-0.25, -0.2) is 4.39 Å². The van der Waals surface area contributed by atoms with Crippen molar-refractivity contribution in [3.63, 3.8) is 0 Å². The van der Waals surface area contributed by atoms with Crippen LogP contribution in [0.3, 0.4) is 0 Å². The van der Waals surface area contributed by atoms with Crippen LogP contribution in [0.1, 0.15) is 30.0 Å². The second-order valence-electron chi connectivity index (χ2n) is 7.77. The summed E-state index contributed by atoms with van der Waals surface area (Å²) in [6, 6.07) is 11.3. The van der Waals surface area contributed by atoms with Crippen LogP contribution >= 0.6 is 0 Å². The molecule has 6 nitrogen and oxygen atoms in total. The molecule has 0 spiro atoms. The van der Waals surface area contributed by atoms with Gasteiger partial charge in [-0.15, -0.1) is 0 Å². The molecule has 1 amide bonds. The average molecular weight is 437 g/mol. The Labute approximate surface area is 185 Å². The largest absolute Gasteiger partial charge is 0.507 e. The molecule has 0 radical (unpaired) electrons. The van der Waals surface area contributed by atoms with Gasteiger partial charge in [0.25, 0.3) is 11.7 Å². The number of hydrogen-bond acceptors (Lipinski definition) is 5. The first kappa shape index (κ1) is 21.8.